The first-order valence-corrected chi connectivity index (χ1v) is 12.2. The fourth-order valence-corrected chi connectivity index (χ4v) is 4.11. The van der Waals surface area contributed by atoms with E-state index in [1.807, 2.05) is 66.1 Å². The molecule has 0 bridgehead atoms. The highest BCUT2D eigenvalue weighted by Gasteiger charge is 2.17. The van der Waals surface area contributed by atoms with Crippen LogP contribution in [0, 0.1) is 6.92 Å². The molecule has 0 aliphatic carbocycles. The monoisotopic (exact) mass is 499 g/mol. The van der Waals surface area contributed by atoms with Crippen LogP contribution in [0.2, 0.25) is 0 Å². The summed E-state index contributed by atoms with van der Waals surface area (Å²) >= 11 is 1.28. The molecule has 0 aliphatic heterocycles. The van der Waals surface area contributed by atoms with E-state index >= 15 is 0 Å². The lowest BCUT2D eigenvalue weighted by molar-refractivity contribution is -0.131. The molecule has 1 heterocycles. The number of rotatable bonds is 8. The zero-order chi connectivity index (χ0) is 25.5. The SMILES string of the molecule is CC(=O)Oc1ccc(/C(C)=N\NC(=O)CSc2nnc(-c3ccc(C)cc3)n2-c2ccccc2)cc1. The number of carbonyl (C=O) groups is 2. The Hall–Kier alpha value is -4.24. The number of nitrogens with one attached hydrogen (secondary N) is 1. The van der Waals surface area contributed by atoms with Gasteiger partial charge in [0.1, 0.15) is 5.75 Å². The molecule has 0 saturated heterocycles. The maximum absolute atomic E-state index is 12.5. The summed E-state index contributed by atoms with van der Waals surface area (Å²) < 4.78 is 6.98. The Morgan fingerprint density at radius 1 is 0.944 bits per heavy atom. The largest absolute Gasteiger partial charge is 0.427 e. The number of esters is 1. The second kappa shape index (κ2) is 11.5. The Balaban J connectivity index is 1.45. The average molecular weight is 500 g/mol. The molecule has 0 radical (unpaired) electrons. The minimum absolute atomic E-state index is 0.112. The van der Waals surface area contributed by atoms with E-state index < -0.39 is 0 Å². The molecule has 4 aromatic rings. The Bertz CT molecular complexity index is 1380. The van der Waals surface area contributed by atoms with Gasteiger partial charge in [-0.05, 0) is 55.8 Å². The number of carbonyl (C=O) groups excluding carboxylic acids is 2. The van der Waals surface area contributed by atoms with Crippen molar-refractivity contribution in [3.8, 4) is 22.8 Å². The topological polar surface area (TPSA) is 98.5 Å². The fraction of sp³-hybridized carbons (Fsp3) is 0.148. The third-order valence-corrected chi connectivity index (χ3v) is 6.10. The molecule has 1 aromatic heterocycles. The van der Waals surface area contributed by atoms with Gasteiger partial charge in [-0.2, -0.15) is 5.10 Å². The van der Waals surface area contributed by atoms with E-state index in [-0.39, 0.29) is 17.6 Å². The quantitative estimate of drug-likeness (QED) is 0.123. The molecule has 0 atom stereocenters. The van der Waals surface area contributed by atoms with Crippen LogP contribution in [0.4, 0.5) is 0 Å². The van der Waals surface area contributed by atoms with Crippen molar-refractivity contribution < 1.29 is 14.3 Å². The molecule has 36 heavy (non-hydrogen) atoms. The number of benzene rings is 3. The normalized spacial score (nSPS) is 11.2. The second-order valence-electron chi connectivity index (χ2n) is 7.98. The van der Waals surface area contributed by atoms with E-state index in [9.17, 15) is 9.59 Å². The van der Waals surface area contributed by atoms with Gasteiger partial charge in [0, 0.05) is 18.2 Å². The predicted molar refractivity (Wildman–Crippen MR) is 140 cm³/mol. The van der Waals surface area contributed by atoms with Gasteiger partial charge in [0.2, 0.25) is 0 Å². The number of hydrogen-bond acceptors (Lipinski definition) is 7. The zero-order valence-corrected chi connectivity index (χ0v) is 21.0. The fourth-order valence-electron chi connectivity index (χ4n) is 3.37. The lowest BCUT2D eigenvalue weighted by atomic mass is 10.1. The van der Waals surface area contributed by atoms with Gasteiger partial charge in [-0.15, -0.1) is 10.2 Å². The van der Waals surface area contributed by atoms with Gasteiger partial charge in [-0.3, -0.25) is 14.2 Å². The van der Waals surface area contributed by atoms with Crippen LogP contribution in [0.3, 0.4) is 0 Å². The van der Waals surface area contributed by atoms with E-state index in [2.05, 4.69) is 20.7 Å². The maximum Gasteiger partial charge on any atom is 0.308 e. The molecule has 182 valence electrons. The molecule has 1 amide bonds. The van der Waals surface area contributed by atoms with Gasteiger partial charge in [0.05, 0.1) is 11.5 Å². The number of amides is 1. The minimum atomic E-state index is -0.382. The Kier molecular flexibility index (Phi) is 7.92. The van der Waals surface area contributed by atoms with Crippen molar-refractivity contribution in [1.82, 2.24) is 20.2 Å². The van der Waals surface area contributed by atoms with Crippen LogP contribution in [0.5, 0.6) is 5.75 Å². The third kappa shape index (κ3) is 6.25. The number of hydrazone groups is 1. The van der Waals surface area contributed by atoms with Gasteiger partial charge in [-0.25, -0.2) is 5.43 Å². The summed E-state index contributed by atoms with van der Waals surface area (Å²) in [4.78, 5) is 23.6. The lowest BCUT2D eigenvalue weighted by Gasteiger charge is -2.10. The lowest BCUT2D eigenvalue weighted by Crippen LogP contribution is -2.21. The molecule has 8 nitrogen and oxygen atoms in total. The molecular weight excluding hydrogens is 474 g/mol. The minimum Gasteiger partial charge on any atom is -0.427 e. The van der Waals surface area contributed by atoms with Gasteiger partial charge >= 0.3 is 5.97 Å². The number of ether oxygens (including phenoxy) is 1. The highest BCUT2D eigenvalue weighted by atomic mass is 32.2. The molecule has 0 aliphatic rings. The molecule has 0 spiro atoms. The Morgan fingerprint density at radius 2 is 1.64 bits per heavy atom. The van der Waals surface area contributed by atoms with E-state index in [4.69, 9.17) is 4.74 Å². The number of nitrogens with zero attached hydrogens (tertiary/aromatic N) is 4. The second-order valence-corrected chi connectivity index (χ2v) is 8.92. The summed E-state index contributed by atoms with van der Waals surface area (Å²) in [5.41, 5.74) is 7.01. The number of hydrogen-bond donors (Lipinski definition) is 1. The highest BCUT2D eigenvalue weighted by molar-refractivity contribution is 7.99. The molecule has 3 aromatic carbocycles. The first-order chi connectivity index (χ1) is 17.4. The standard InChI is InChI=1S/C27H25N5O3S/c1-18-9-11-22(12-10-18)26-30-31-27(32(26)23-7-5-4-6-8-23)36-17-25(34)29-28-19(2)21-13-15-24(16-14-21)35-20(3)33/h4-16H,17H2,1-3H3,(H,29,34)/b28-19-. The van der Waals surface area contributed by atoms with Crippen molar-refractivity contribution in [2.45, 2.75) is 25.9 Å². The Morgan fingerprint density at radius 3 is 2.31 bits per heavy atom. The number of aryl methyl sites for hydroxylation is 1. The van der Waals surface area contributed by atoms with Crippen molar-refractivity contribution in [2.24, 2.45) is 5.10 Å². The molecule has 4 rings (SSSR count). The summed E-state index contributed by atoms with van der Waals surface area (Å²) in [5.74, 6) is 0.616. The van der Waals surface area contributed by atoms with Crippen molar-refractivity contribution in [1.29, 1.82) is 0 Å². The first-order valence-electron chi connectivity index (χ1n) is 11.2. The van der Waals surface area contributed by atoms with Crippen molar-refractivity contribution in [3.63, 3.8) is 0 Å². The smallest absolute Gasteiger partial charge is 0.308 e. The van der Waals surface area contributed by atoms with Gasteiger partial charge in [0.25, 0.3) is 5.91 Å². The molecule has 0 fully saturated rings. The van der Waals surface area contributed by atoms with Crippen LogP contribution < -0.4 is 10.2 Å². The Labute approximate surface area is 213 Å². The summed E-state index contributed by atoms with van der Waals surface area (Å²) in [6, 6.07) is 24.8. The van der Waals surface area contributed by atoms with E-state index in [0.29, 0.717) is 22.4 Å². The number of para-hydroxylation sites is 1. The van der Waals surface area contributed by atoms with Gasteiger partial charge in [0.15, 0.2) is 11.0 Å². The highest BCUT2D eigenvalue weighted by Crippen LogP contribution is 2.28. The summed E-state index contributed by atoms with van der Waals surface area (Å²) in [5, 5.41) is 13.6. The molecular formula is C27H25N5O3S. The molecule has 0 unspecified atom stereocenters. The van der Waals surface area contributed by atoms with Crippen molar-refractivity contribution in [3.05, 3.63) is 90.0 Å². The van der Waals surface area contributed by atoms with Crippen LogP contribution >= 0.6 is 11.8 Å². The molecule has 0 saturated carbocycles. The predicted octanol–water partition coefficient (Wildman–Crippen LogP) is 4.80. The molecule has 1 N–H and O–H groups in total. The van der Waals surface area contributed by atoms with Crippen molar-refractivity contribution in [2.75, 3.05) is 5.75 Å². The van der Waals surface area contributed by atoms with Crippen LogP contribution in [0.15, 0.2) is 89.1 Å². The number of thioether (sulfide) groups is 1. The van der Waals surface area contributed by atoms with Crippen LogP contribution in [-0.4, -0.2) is 38.1 Å². The third-order valence-electron chi connectivity index (χ3n) is 5.17. The zero-order valence-electron chi connectivity index (χ0n) is 20.1. The summed E-state index contributed by atoms with van der Waals surface area (Å²) in [6.45, 7) is 5.17. The number of aromatic nitrogens is 3. The average Bonchev–Trinajstić information content (AvgIpc) is 3.31. The molecule has 9 heteroatoms. The van der Waals surface area contributed by atoms with E-state index in [1.54, 1.807) is 31.2 Å². The van der Waals surface area contributed by atoms with Crippen LogP contribution in [0.25, 0.3) is 17.1 Å². The van der Waals surface area contributed by atoms with Gasteiger partial charge in [-0.1, -0.05) is 59.8 Å². The van der Waals surface area contributed by atoms with E-state index in [1.165, 1.54) is 18.7 Å². The van der Waals surface area contributed by atoms with E-state index in [0.717, 1.165) is 22.4 Å². The van der Waals surface area contributed by atoms with Gasteiger partial charge < -0.3 is 4.74 Å². The first kappa shape index (κ1) is 24.9. The summed E-state index contributed by atoms with van der Waals surface area (Å²) in [6.07, 6.45) is 0. The maximum atomic E-state index is 12.5. The summed E-state index contributed by atoms with van der Waals surface area (Å²) in [7, 11) is 0. The van der Waals surface area contributed by atoms with Crippen LogP contribution in [-0.2, 0) is 9.59 Å². The van der Waals surface area contributed by atoms with Crippen molar-refractivity contribution >= 4 is 29.4 Å². The van der Waals surface area contributed by atoms with Crippen LogP contribution in [0.1, 0.15) is 25.0 Å².